The monoisotopic (exact) mass is 231 g/mol. The molecule has 0 radical (unpaired) electrons. The Morgan fingerprint density at radius 3 is 2.76 bits per heavy atom. The fraction of sp³-hybridized carbons (Fsp3) is 0.308. The van der Waals surface area contributed by atoms with Crippen LogP contribution in [-0.4, -0.2) is 21.6 Å². The summed E-state index contributed by atoms with van der Waals surface area (Å²) in [5.41, 5.74) is 2.31. The molecule has 2 rings (SSSR count). The highest BCUT2D eigenvalue weighted by Crippen LogP contribution is 2.16. The smallest absolute Gasteiger partial charge is 0.115 e. The van der Waals surface area contributed by atoms with E-state index in [2.05, 4.69) is 22.2 Å². The summed E-state index contributed by atoms with van der Waals surface area (Å²) in [7, 11) is 0. The van der Waals surface area contributed by atoms with E-state index in [9.17, 15) is 5.11 Å². The van der Waals surface area contributed by atoms with Gasteiger partial charge in [-0.15, -0.1) is 0 Å². The van der Waals surface area contributed by atoms with Crippen molar-refractivity contribution in [3.8, 4) is 5.75 Å². The summed E-state index contributed by atoms with van der Waals surface area (Å²) in [5, 5.41) is 12.6. The molecule has 4 nitrogen and oxygen atoms in total. The van der Waals surface area contributed by atoms with Crippen LogP contribution in [0.3, 0.4) is 0 Å². The zero-order valence-electron chi connectivity index (χ0n) is 9.85. The molecule has 0 amide bonds. The van der Waals surface area contributed by atoms with Crippen LogP contribution in [0.1, 0.15) is 24.2 Å². The summed E-state index contributed by atoms with van der Waals surface area (Å²) in [5.74, 6) is 0.304. The number of nitrogens with one attached hydrogen (secondary N) is 2. The molecule has 1 aromatic carbocycles. The second-order valence-electron chi connectivity index (χ2n) is 4.09. The van der Waals surface area contributed by atoms with Crippen molar-refractivity contribution in [2.45, 2.75) is 19.4 Å². The van der Waals surface area contributed by atoms with Crippen LogP contribution in [0.4, 0.5) is 0 Å². The van der Waals surface area contributed by atoms with Gasteiger partial charge in [-0.25, -0.2) is 4.98 Å². The normalized spacial score (nSPS) is 12.5. The number of hydrogen-bond acceptors (Lipinski definition) is 3. The van der Waals surface area contributed by atoms with Crippen molar-refractivity contribution in [3.63, 3.8) is 0 Å². The Morgan fingerprint density at radius 1 is 1.35 bits per heavy atom. The molecule has 90 valence electrons. The molecule has 0 aliphatic heterocycles. The molecule has 1 heterocycles. The number of aromatic nitrogens is 2. The number of phenols is 1. The van der Waals surface area contributed by atoms with Gasteiger partial charge >= 0.3 is 0 Å². The number of aromatic hydroxyl groups is 1. The van der Waals surface area contributed by atoms with Gasteiger partial charge in [0.1, 0.15) is 5.75 Å². The molecule has 4 heteroatoms. The Labute approximate surface area is 101 Å². The molecule has 0 fully saturated rings. The average Bonchev–Trinajstić information content (AvgIpc) is 2.83. The van der Waals surface area contributed by atoms with Crippen molar-refractivity contribution in [1.82, 2.24) is 15.3 Å². The number of hydrogen-bond donors (Lipinski definition) is 3. The van der Waals surface area contributed by atoms with Gasteiger partial charge in [-0.05, 0) is 24.6 Å². The summed E-state index contributed by atoms with van der Waals surface area (Å²) < 4.78 is 0. The Kier molecular flexibility index (Phi) is 3.77. The van der Waals surface area contributed by atoms with Crippen molar-refractivity contribution in [2.75, 3.05) is 6.54 Å². The lowest BCUT2D eigenvalue weighted by molar-refractivity contribution is 0.474. The topological polar surface area (TPSA) is 60.9 Å². The molecule has 0 bridgehead atoms. The molecule has 2 aromatic rings. The molecular weight excluding hydrogens is 214 g/mol. The number of phenolic OH excluding ortho intramolecular Hbond substituents is 1. The van der Waals surface area contributed by atoms with Crippen molar-refractivity contribution < 1.29 is 5.11 Å². The molecule has 1 unspecified atom stereocenters. The average molecular weight is 231 g/mol. The molecule has 0 aliphatic carbocycles. The zero-order chi connectivity index (χ0) is 12.1. The molecule has 1 atom stereocenters. The highest BCUT2D eigenvalue weighted by Gasteiger charge is 2.04. The van der Waals surface area contributed by atoms with Crippen LogP contribution in [0.2, 0.25) is 0 Å². The van der Waals surface area contributed by atoms with Gasteiger partial charge in [-0.2, -0.15) is 0 Å². The van der Waals surface area contributed by atoms with E-state index in [0.29, 0.717) is 5.75 Å². The number of rotatable bonds is 5. The lowest BCUT2D eigenvalue weighted by Crippen LogP contribution is -2.21. The van der Waals surface area contributed by atoms with Crippen LogP contribution in [-0.2, 0) is 6.42 Å². The second kappa shape index (κ2) is 5.50. The van der Waals surface area contributed by atoms with E-state index in [1.807, 2.05) is 18.3 Å². The fourth-order valence-corrected chi connectivity index (χ4v) is 1.73. The van der Waals surface area contributed by atoms with Gasteiger partial charge < -0.3 is 15.4 Å². The maximum Gasteiger partial charge on any atom is 0.115 e. The summed E-state index contributed by atoms with van der Waals surface area (Å²) in [6, 6.07) is 7.57. The van der Waals surface area contributed by atoms with Crippen LogP contribution in [0.15, 0.2) is 36.8 Å². The lowest BCUT2D eigenvalue weighted by Gasteiger charge is -2.13. The predicted molar refractivity (Wildman–Crippen MR) is 66.8 cm³/mol. The van der Waals surface area contributed by atoms with E-state index < -0.39 is 0 Å². The predicted octanol–water partition coefficient (Wildman–Crippen LogP) is 2.01. The first-order chi connectivity index (χ1) is 8.25. The van der Waals surface area contributed by atoms with E-state index in [0.717, 1.165) is 18.7 Å². The van der Waals surface area contributed by atoms with Crippen molar-refractivity contribution in [1.29, 1.82) is 0 Å². The lowest BCUT2D eigenvalue weighted by atomic mass is 10.1. The Balaban J connectivity index is 1.81. The van der Waals surface area contributed by atoms with Crippen molar-refractivity contribution in [3.05, 3.63) is 48.0 Å². The largest absolute Gasteiger partial charge is 0.508 e. The molecule has 17 heavy (non-hydrogen) atoms. The first-order valence-corrected chi connectivity index (χ1v) is 5.75. The van der Waals surface area contributed by atoms with Crippen LogP contribution < -0.4 is 5.32 Å². The highest BCUT2D eigenvalue weighted by atomic mass is 16.3. The van der Waals surface area contributed by atoms with Gasteiger partial charge in [0.2, 0.25) is 0 Å². The van der Waals surface area contributed by atoms with E-state index in [4.69, 9.17) is 0 Å². The van der Waals surface area contributed by atoms with E-state index in [1.54, 1.807) is 18.5 Å². The molecule has 3 N–H and O–H groups in total. The van der Waals surface area contributed by atoms with Crippen LogP contribution in [0.25, 0.3) is 0 Å². The highest BCUT2D eigenvalue weighted by molar-refractivity contribution is 5.27. The first kappa shape index (κ1) is 11.7. The van der Waals surface area contributed by atoms with E-state index >= 15 is 0 Å². The third-order valence-electron chi connectivity index (χ3n) is 2.79. The molecular formula is C13H17N3O. The van der Waals surface area contributed by atoms with Crippen molar-refractivity contribution in [2.24, 2.45) is 0 Å². The van der Waals surface area contributed by atoms with Crippen molar-refractivity contribution >= 4 is 0 Å². The minimum absolute atomic E-state index is 0.276. The summed E-state index contributed by atoms with van der Waals surface area (Å²) in [4.78, 5) is 7.05. The van der Waals surface area contributed by atoms with E-state index in [-0.39, 0.29) is 6.04 Å². The molecule has 0 saturated heterocycles. The Morgan fingerprint density at radius 2 is 2.12 bits per heavy atom. The maximum absolute atomic E-state index is 9.21. The summed E-state index contributed by atoms with van der Waals surface area (Å²) in [6.07, 6.45) is 4.47. The van der Waals surface area contributed by atoms with E-state index in [1.165, 1.54) is 5.56 Å². The van der Waals surface area contributed by atoms with Crippen LogP contribution >= 0.6 is 0 Å². The summed E-state index contributed by atoms with van der Waals surface area (Å²) >= 11 is 0. The minimum Gasteiger partial charge on any atom is -0.508 e. The Bertz CT molecular complexity index is 436. The Hall–Kier alpha value is -1.81. The first-order valence-electron chi connectivity index (χ1n) is 5.75. The van der Waals surface area contributed by atoms with Gasteiger partial charge in [0.05, 0.1) is 6.33 Å². The quantitative estimate of drug-likeness (QED) is 0.737. The van der Waals surface area contributed by atoms with Crippen LogP contribution in [0, 0.1) is 0 Å². The zero-order valence-corrected chi connectivity index (χ0v) is 9.85. The number of benzene rings is 1. The maximum atomic E-state index is 9.21. The van der Waals surface area contributed by atoms with Gasteiger partial charge in [-0.3, -0.25) is 0 Å². The van der Waals surface area contributed by atoms with Gasteiger partial charge in [0.15, 0.2) is 0 Å². The number of imidazole rings is 1. The molecule has 1 aromatic heterocycles. The number of aromatic amines is 1. The summed E-state index contributed by atoms with van der Waals surface area (Å²) in [6.45, 7) is 3.00. The van der Waals surface area contributed by atoms with Gasteiger partial charge in [0, 0.05) is 30.9 Å². The van der Waals surface area contributed by atoms with Crippen LogP contribution in [0.5, 0.6) is 5.75 Å². The van der Waals surface area contributed by atoms with Gasteiger partial charge in [0.25, 0.3) is 0 Å². The third kappa shape index (κ3) is 3.32. The SMILES string of the molecule is CC(NCCc1cnc[nH]1)c1ccc(O)cc1. The molecule has 0 aliphatic rings. The molecule has 0 saturated carbocycles. The second-order valence-corrected chi connectivity index (χ2v) is 4.09. The van der Waals surface area contributed by atoms with Gasteiger partial charge in [-0.1, -0.05) is 12.1 Å². The fourth-order valence-electron chi connectivity index (χ4n) is 1.73. The number of H-pyrrole nitrogens is 1. The molecule has 0 spiro atoms. The third-order valence-corrected chi connectivity index (χ3v) is 2.79. The minimum atomic E-state index is 0.276. The number of nitrogens with zero attached hydrogens (tertiary/aromatic N) is 1. The standard InChI is InChI=1S/C13H17N3O/c1-10(11-2-4-13(17)5-3-11)15-7-6-12-8-14-9-16-12/h2-5,8-10,15,17H,6-7H2,1H3,(H,14,16).